The van der Waals surface area contributed by atoms with Crippen LogP contribution in [0.25, 0.3) is 0 Å². The maximum atomic E-state index is 12.4. The molecule has 1 aromatic rings. The number of benzene rings is 1. The molecule has 1 amide bonds. The van der Waals surface area contributed by atoms with Gasteiger partial charge in [-0.2, -0.15) is 0 Å². The zero-order chi connectivity index (χ0) is 15.4. The largest absolute Gasteiger partial charge is 0.352 e. The molecule has 1 aliphatic rings. The highest BCUT2D eigenvalue weighted by atomic mass is 32.2. The summed E-state index contributed by atoms with van der Waals surface area (Å²) in [6, 6.07) is 6.45. The van der Waals surface area contributed by atoms with E-state index in [-0.39, 0.29) is 11.9 Å². The summed E-state index contributed by atoms with van der Waals surface area (Å²) in [5, 5.41) is 2.59. The topological polar surface area (TPSA) is 46.2 Å². The molecule has 21 heavy (non-hydrogen) atoms. The Hall–Kier alpha value is -1.16. The average molecular weight is 307 g/mol. The fraction of sp³-hybridized carbons (Fsp3) is 0.588. The van der Waals surface area contributed by atoms with Crippen LogP contribution in [-0.2, 0) is 21.3 Å². The van der Waals surface area contributed by atoms with Gasteiger partial charge in [0.1, 0.15) is 5.25 Å². The van der Waals surface area contributed by atoms with E-state index in [1.807, 2.05) is 19.9 Å². The Bertz CT molecular complexity index is 536. The lowest BCUT2D eigenvalue weighted by Gasteiger charge is -2.17. The van der Waals surface area contributed by atoms with Gasteiger partial charge in [0.15, 0.2) is 0 Å². The standard InChI is InChI=1S/C17H25NO2S/c1-12-8-9-13(2)15(10-12)11-21(20)14(3)17(19)18-16-6-4-5-7-16/h8-10,14,16H,4-7,11H2,1-3H3,(H,18,19)/t14-,21-/m0/s1. The molecule has 0 heterocycles. The lowest BCUT2D eigenvalue weighted by Crippen LogP contribution is -2.41. The number of hydrogen-bond acceptors (Lipinski definition) is 2. The molecule has 3 nitrogen and oxygen atoms in total. The van der Waals surface area contributed by atoms with E-state index in [2.05, 4.69) is 17.4 Å². The van der Waals surface area contributed by atoms with Crippen molar-refractivity contribution in [2.45, 2.75) is 63.5 Å². The zero-order valence-corrected chi connectivity index (χ0v) is 14.0. The van der Waals surface area contributed by atoms with Crippen molar-refractivity contribution in [1.82, 2.24) is 5.32 Å². The van der Waals surface area contributed by atoms with Crippen molar-refractivity contribution in [2.75, 3.05) is 0 Å². The molecular formula is C17H25NO2S. The van der Waals surface area contributed by atoms with Crippen LogP contribution >= 0.6 is 0 Å². The first kappa shape index (κ1) is 16.2. The number of carbonyl (C=O) groups is 1. The zero-order valence-electron chi connectivity index (χ0n) is 13.1. The van der Waals surface area contributed by atoms with Crippen LogP contribution in [0.15, 0.2) is 18.2 Å². The lowest BCUT2D eigenvalue weighted by atomic mass is 10.1. The van der Waals surface area contributed by atoms with Gasteiger partial charge in [-0.15, -0.1) is 0 Å². The van der Waals surface area contributed by atoms with Crippen molar-refractivity contribution in [2.24, 2.45) is 0 Å². The second-order valence-corrected chi connectivity index (χ2v) is 7.84. The average Bonchev–Trinajstić information content (AvgIpc) is 2.94. The van der Waals surface area contributed by atoms with Gasteiger partial charge in [-0.3, -0.25) is 9.00 Å². The van der Waals surface area contributed by atoms with Gasteiger partial charge in [-0.1, -0.05) is 36.6 Å². The van der Waals surface area contributed by atoms with E-state index in [0.29, 0.717) is 5.75 Å². The van der Waals surface area contributed by atoms with Crippen molar-refractivity contribution in [1.29, 1.82) is 0 Å². The summed E-state index contributed by atoms with van der Waals surface area (Å²) in [4.78, 5) is 12.2. The summed E-state index contributed by atoms with van der Waals surface area (Å²) < 4.78 is 12.4. The van der Waals surface area contributed by atoms with Crippen LogP contribution in [0.3, 0.4) is 0 Å². The van der Waals surface area contributed by atoms with E-state index in [9.17, 15) is 9.00 Å². The molecule has 0 bridgehead atoms. The fourth-order valence-electron chi connectivity index (χ4n) is 2.74. The normalized spacial score (nSPS) is 18.4. The lowest BCUT2D eigenvalue weighted by molar-refractivity contribution is -0.121. The summed E-state index contributed by atoms with van der Waals surface area (Å²) in [6.45, 7) is 5.82. The molecule has 2 rings (SSSR count). The second-order valence-electron chi connectivity index (χ2n) is 6.09. The molecule has 2 atom stereocenters. The second kappa shape index (κ2) is 7.21. The SMILES string of the molecule is Cc1ccc(C)c(C[S@](=O)[C@@H](C)C(=O)NC2CCCC2)c1. The Morgan fingerprint density at radius 3 is 2.67 bits per heavy atom. The van der Waals surface area contributed by atoms with Crippen LogP contribution in [0.4, 0.5) is 0 Å². The third kappa shape index (κ3) is 4.40. The number of rotatable bonds is 5. The molecule has 1 aromatic carbocycles. The van der Waals surface area contributed by atoms with Gasteiger partial charge in [0.2, 0.25) is 5.91 Å². The van der Waals surface area contributed by atoms with Crippen LogP contribution in [0, 0.1) is 13.8 Å². The molecule has 0 spiro atoms. The molecule has 116 valence electrons. The van der Waals surface area contributed by atoms with E-state index in [1.165, 1.54) is 12.8 Å². The van der Waals surface area contributed by atoms with Crippen molar-refractivity contribution in [3.05, 3.63) is 34.9 Å². The van der Waals surface area contributed by atoms with E-state index < -0.39 is 16.0 Å². The van der Waals surface area contributed by atoms with Crippen LogP contribution in [-0.4, -0.2) is 21.4 Å². The molecule has 0 radical (unpaired) electrons. The smallest absolute Gasteiger partial charge is 0.235 e. The Morgan fingerprint density at radius 1 is 1.33 bits per heavy atom. The van der Waals surface area contributed by atoms with Crippen molar-refractivity contribution >= 4 is 16.7 Å². The summed E-state index contributed by atoms with van der Waals surface area (Å²) in [5.74, 6) is 0.387. The molecular weight excluding hydrogens is 282 g/mol. The van der Waals surface area contributed by atoms with E-state index >= 15 is 0 Å². The van der Waals surface area contributed by atoms with E-state index in [0.717, 1.165) is 29.5 Å². The maximum absolute atomic E-state index is 12.4. The fourth-order valence-corrected chi connectivity index (χ4v) is 3.92. The molecule has 1 aliphatic carbocycles. The number of aryl methyl sites for hydroxylation is 2. The third-order valence-corrected chi connectivity index (χ3v) is 5.87. The first-order chi connectivity index (χ1) is 9.97. The van der Waals surface area contributed by atoms with Gasteiger partial charge < -0.3 is 5.32 Å². The molecule has 1 fully saturated rings. The quantitative estimate of drug-likeness (QED) is 0.909. The van der Waals surface area contributed by atoms with Gasteiger partial charge >= 0.3 is 0 Å². The molecule has 0 aliphatic heterocycles. The van der Waals surface area contributed by atoms with Gasteiger partial charge in [-0.05, 0) is 44.7 Å². The van der Waals surface area contributed by atoms with Crippen LogP contribution in [0.1, 0.15) is 49.3 Å². The molecule has 1 N–H and O–H groups in total. The maximum Gasteiger partial charge on any atom is 0.235 e. The van der Waals surface area contributed by atoms with Gasteiger partial charge in [0.25, 0.3) is 0 Å². The van der Waals surface area contributed by atoms with Crippen molar-refractivity contribution in [3.8, 4) is 0 Å². The minimum absolute atomic E-state index is 0.0643. The van der Waals surface area contributed by atoms with Crippen LogP contribution < -0.4 is 5.32 Å². The first-order valence-corrected chi connectivity index (χ1v) is 9.09. The van der Waals surface area contributed by atoms with Crippen molar-refractivity contribution in [3.63, 3.8) is 0 Å². The van der Waals surface area contributed by atoms with Gasteiger partial charge in [-0.25, -0.2) is 0 Å². The number of carbonyl (C=O) groups excluding carboxylic acids is 1. The number of nitrogens with one attached hydrogen (secondary N) is 1. The van der Waals surface area contributed by atoms with Crippen LogP contribution in [0.5, 0.6) is 0 Å². The molecule has 4 heteroatoms. The molecule has 1 saturated carbocycles. The van der Waals surface area contributed by atoms with E-state index in [1.54, 1.807) is 6.92 Å². The Balaban J connectivity index is 1.95. The summed E-state index contributed by atoms with van der Waals surface area (Å²) in [5.41, 5.74) is 3.38. The first-order valence-electron chi connectivity index (χ1n) is 7.71. The van der Waals surface area contributed by atoms with Gasteiger partial charge in [0.05, 0.1) is 0 Å². The van der Waals surface area contributed by atoms with Gasteiger partial charge in [0, 0.05) is 22.6 Å². The Labute approximate surface area is 130 Å². The molecule has 0 aromatic heterocycles. The highest BCUT2D eigenvalue weighted by molar-refractivity contribution is 7.85. The monoisotopic (exact) mass is 307 g/mol. The number of hydrogen-bond donors (Lipinski definition) is 1. The van der Waals surface area contributed by atoms with E-state index in [4.69, 9.17) is 0 Å². The Morgan fingerprint density at radius 2 is 2.00 bits per heavy atom. The highest BCUT2D eigenvalue weighted by Gasteiger charge is 2.24. The number of amides is 1. The molecule has 0 saturated heterocycles. The minimum Gasteiger partial charge on any atom is -0.352 e. The van der Waals surface area contributed by atoms with Crippen molar-refractivity contribution < 1.29 is 9.00 Å². The Kier molecular flexibility index (Phi) is 5.57. The summed E-state index contributed by atoms with van der Waals surface area (Å²) in [7, 11) is -1.18. The molecule has 0 unspecified atom stereocenters. The summed E-state index contributed by atoms with van der Waals surface area (Å²) in [6.07, 6.45) is 4.49. The minimum atomic E-state index is -1.18. The summed E-state index contributed by atoms with van der Waals surface area (Å²) >= 11 is 0. The third-order valence-electron chi connectivity index (χ3n) is 4.27. The van der Waals surface area contributed by atoms with Crippen LogP contribution in [0.2, 0.25) is 0 Å². The predicted molar refractivity (Wildman–Crippen MR) is 87.6 cm³/mol. The highest BCUT2D eigenvalue weighted by Crippen LogP contribution is 2.19. The predicted octanol–water partition coefficient (Wildman–Crippen LogP) is 3.00.